The lowest BCUT2D eigenvalue weighted by Crippen LogP contribution is -2.09. The molecule has 0 amide bonds. The van der Waals surface area contributed by atoms with Crippen LogP contribution in [0.1, 0.15) is 35.3 Å². The molecule has 0 bridgehead atoms. The van der Waals surface area contributed by atoms with Crippen molar-refractivity contribution in [1.29, 1.82) is 0 Å². The molecule has 0 aromatic heterocycles. The van der Waals surface area contributed by atoms with E-state index in [0.717, 1.165) is 18.4 Å². The van der Waals surface area contributed by atoms with E-state index in [9.17, 15) is 4.79 Å². The third-order valence-electron chi connectivity index (χ3n) is 2.45. The van der Waals surface area contributed by atoms with Crippen molar-refractivity contribution in [1.82, 2.24) is 0 Å². The second-order valence-electron chi connectivity index (χ2n) is 3.23. The molecule has 0 spiro atoms. The van der Waals surface area contributed by atoms with Crippen molar-refractivity contribution in [2.45, 2.75) is 26.7 Å². The van der Waals surface area contributed by atoms with Gasteiger partial charge in [0.05, 0.1) is 0 Å². The van der Waals surface area contributed by atoms with Gasteiger partial charge in [-0.3, -0.25) is 4.79 Å². The highest BCUT2D eigenvalue weighted by Gasteiger charge is 2.11. The molecule has 0 atom stereocenters. The summed E-state index contributed by atoms with van der Waals surface area (Å²) in [6.45, 7) is 3.70. The number of aryl methyl sites for hydroxylation is 1. The van der Waals surface area contributed by atoms with Crippen LogP contribution in [0.4, 0.5) is 0 Å². The summed E-state index contributed by atoms with van der Waals surface area (Å²) in [6.07, 6.45) is 1.76. The average molecular weight is 192 g/mol. The van der Waals surface area contributed by atoms with Crippen molar-refractivity contribution in [3.05, 3.63) is 34.9 Å². The number of hydrogen-bond donors (Lipinski definition) is 1. The maximum absolute atomic E-state index is 11.4. The lowest BCUT2D eigenvalue weighted by molar-refractivity contribution is 0.0902. The maximum atomic E-state index is 11.4. The van der Waals surface area contributed by atoms with Gasteiger partial charge < -0.3 is 5.11 Å². The Labute approximate surface area is 84.6 Å². The zero-order valence-electron chi connectivity index (χ0n) is 8.71. The first-order valence-corrected chi connectivity index (χ1v) is 4.99. The molecular weight excluding hydrogens is 176 g/mol. The quantitative estimate of drug-likeness (QED) is 0.741. The SMILES string of the molecule is CCc1cccc(C(=O)CO)c1CC. The minimum absolute atomic E-state index is 0.183. The Balaban J connectivity index is 3.21. The van der Waals surface area contributed by atoms with Crippen molar-refractivity contribution < 1.29 is 9.90 Å². The number of benzene rings is 1. The Hall–Kier alpha value is -1.15. The topological polar surface area (TPSA) is 37.3 Å². The molecule has 0 radical (unpaired) electrons. The Morgan fingerprint density at radius 2 is 2.00 bits per heavy atom. The molecule has 76 valence electrons. The van der Waals surface area contributed by atoms with E-state index < -0.39 is 6.61 Å². The van der Waals surface area contributed by atoms with Gasteiger partial charge in [0.1, 0.15) is 6.61 Å². The monoisotopic (exact) mass is 192 g/mol. The Morgan fingerprint density at radius 3 is 2.50 bits per heavy atom. The molecule has 14 heavy (non-hydrogen) atoms. The summed E-state index contributed by atoms with van der Waals surface area (Å²) in [5, 5.41) is 8.82. The van der Waals surface area contributed by atoms with Crippen molar-refractivity contribution in [3.8, 4) is 0 Å². The molecule has 2 heteroatoms. The minimum Gasteiger partial charge on any atom is -0.388 e. The van der Waals surface area contributed by atoms with E-state index in [0.29, 0.717) is 5.56 Å². The number of carbonyl (C=O) groups is 1. The summed E-state index contributed by atoms with van der Waals surface area (Å²) < 4.78 is 0. The molecule has 1 rings (SSSR count). The predicted molar refractivity (Wildman–Crippen MR) is 56.6 cm³/mol. The maximum Gasteiger partial charge on any atom is 0.188 e. The number of rotatable bonds is 4. The molecule has 0 saturated heterocycles. The van der Waals surface area contributed by atoms with E-state index in [1.807, 2.05) is 19.1 Å². The summed E-state index contributed by atoms with van der Waals surface area (Å²) in [5.74, 6) is -0.183. The van der Waals surface area contributed by atoms with Gasteiger partial charge in [0.2, 0.25) is 0 Å². The predicted octanol–water partition coefficient (Wildman–Crippen LogP) is 1.99. The zero-order valence-corrected chi connectivity index (χ0v) is 8.71. The van der Waals surface area contributed by atoms with Crippen LogP contribution >= 0.6 is 0 Å². The van der Waals surface area contributed by atoms with E-state index in [1.165, 1.54) is 5.56 Å². The van der Waals surface area contributed by atoms with Crippen LogP contribution in [-0.2, 0) is 12.8 Å². The van der Waals surface area contributed by atoms with Crippen molar-refractivity contribution >= 4 is 5.78 Å². The number of aliphatic hydroxyl groups is 1. The molecule has 0 unspecified atom stereocenters. The Bertz CT molecular complexity index is 329. The van der Waals surface area contributed by atoms with Crippen LogP contribution in [0.5, 0.6) is 0 Å². The highest BCUT2D eigenvalue weighted by atomic mass is 16.3. The molecule has 1 aromatic carbocycles. The van der Waals surface area contributed by atoms with Crippen LogP contribution in [0.3, 0.4) is 0 Å². The number of Topliss-reactive ketones (excluding diaryl/α,β-unsaturated/α-hetero) is 1. The molecule has 1 aromatic rings. The van der Waals surface area contributed by atoms with Crippen LogP contribution in [0.15, 0.2) is 18.2 Å². The van der Waals surface area contributed by atoms with E-state index >= 15 is 0 Å². The van der Waals surface area contributed by atoms with Crippen LogP contribution in [0.2, 0.25) is 0 Å². The lowest BCUT2D eigenvalue weighted by atomic mass is 9.95. The fourth-order valence-electron chi connectivity index (χ4n) is 1.73. The molecule has 0 aliphatic carbocycles. The zero-order chi connectivity index (χ0) is 10.6. The summed E-state index contributed by atoms with van der Waals surface area (Å²) in [6, 6.07) is 5.70. The normalized spacial score (nSPS) is 10.2. The van der Waals surface area contributed by atoms with Gasteiger partial charge in [-0.25, -0.2) is 0 Å². The molecule has 0 saturated carbocycles. The largest absolute Gasteiger partial charge is 0.388 e. The first-order valence-electron chi connectivity index (χ1n) is 4.99. The number of hydrogen-bond acceptors (Lipinski definition) is 2. The van der Waals surface area contributed by atoms with Gasteiger partial charge in [-0.2, -0.15) is 0 Å². The lowest BCUT2D eigenvalue weighted by Gasteiger charge is -2.10. The smallest absolute Gasteiger partial charge is 0.188 e. The Kier molecular flexibility index (Phi) is 3.84. The first kappa shape index (κ1) is 10.9. The van der Waals surface area contributed by atoms with Gasteiger partial charge in [0.25, 0.3) is 0 Å². The molecule has 2 nitrogen and oxygen atoms in total. The Morgan fingerprint density at radius 1 is 1.29 bits per heavy atom. The molecule has 0 heterocycles. The minimum atomic E-state index is -0.403. The van der Waals surface area contributed by atoms with Crippen molar-refractivity contribution in [3.63, 3.8) is 0 Å². The molecule has 0 aliphatic heterocycles. The number of aliphatic hydroxyl groups excluding tert-OH is 1. The van der Waals surface area contributed by atoms with Crippen molar-refractivity contribution in [2.24, 2.45) is 0 Å². The van der Waals surface area contributed by atoms with Gasteiger partial charge in [0.15, 0.2) is 5.78 Å². The highest BCUT2D eigenvalue weighted by Crippen LogP contribution is 2.16. The van der Waals surface area contributed by atoms with Crippen LogP contribution in [-0.4, -0.2) is 17.5 Å². The summed E-state index contributed by atoms with van der Waals surface area (Å²) >= 11 is 0. The fourth-order valence-corrected chi connectivity index (χ4v) is 1.73. The van der Waals surface area contributed by atoms with Crippen LogP contribution in [0.25, 0.3) is 0 Å². The second kappa shape index (κ2) is 4.91. The van der Waals surface area contributed by atoms with Gasteiger partial charge in [0, 0.05) is 5.56 Å². The number of carbonyl (C=O) groups excluding carboxylic acids is 1. The summed E-state index contributed by atoms with van der Waals surface area (Å²) in [5.41, 5.74) is 2.95. The second-order valence-corrected chi connectivity index (χ2v) is 3.23. The van der Waals surface area contributed by atoms with E-state index in [2.05, 4.69) is 6.92 Å². The van der Waals surface area contributed by atoms with E-state index in [1.54, 1.807) is 6.07 Å². The third kappa shape index (κ3) is 2.02. The summed E-state index contributed by atoms with van der Waals surface area (Å²) in [7, 11) is 0. The number of ketones is 1. The van der Waals surface area contributed by atoms with Gasteiger partial charge in [-0.15, -0.1) is 0 Å². The van der Waals surface area contributed by atoms with E-state index in [-0.39, 0.29) is 5.78 Å². The highest BCUT2D eigenvalue weighted by molar-refractivity contribution is 5.98. The molecule has 0 aliphatic rings. The van der Waals surface area contributed by atoms with Crippen LogP contribution < -0.4 is 0 Å². The first-order chi connectivity index (χ1) is 6.74. The molecule has 1 N–H and O–H groups in total. The van der Waals surface area contributed by atoms with E-state index in [4.69, 9.17) is 5.11 Å². The van der Waals surface area contributed by atoms with Crippen molar-refractivity contribution in [2.75, 3.05) is 6.61 Å². The summed E-state index contributed by atoms with van der Waals surface area (Å²) in [4.78, 5) is 11.4. The van der Waals surface area contributed by atoms with Gasteiger partial charge in [-0.1, -0.05) is 32.0 Å². The average Bonchev–Trinajstić information content (AvgIpc) is 2.26. The van der Waals surface area contributed by atoms with Gasteiger partial charge >= 0.3 is 0 Å². The third-order valence-corrected chi connectivity index (χ3v) is 2.45. The molecule has 0 fully saturated rings. The van der Waals surface area contributed by atoms with Crippen LogP contribution in [0, 0.1) is 0 Å². The van der Waals surface area contributed by atoms with Gasteiger partial charge in [-0.05, 0) is 24.0 Å². The molecular formula is C12H16O2. The standard InChI is InChI=1S/C12H16O2/c1-3-9-6-5-7-11(10(9)4-2)12(14)8-13/h5-7,13H,3-4,8H2,1-2H3. The fraction of sp³-hybridized carbons (Fsp3) is 0.417.